The number of amides is 2. The van der Waals surface area contributed by atoms with Gasteiger partial charge in [0.25, 0.3) is 0 Å². The lowest BCUT2D eigenvalue weighted by Crippen LogP contribution is -2.29. The molecule has 0 fully saturated rings. The standard InChI is InChI=1S/C27H53NO3/c1-2-3-4-5-6-11-14-17-20-23-26(30)28-27(31)24-21-18-15-12-9-7-8-10-13-16-19-22-25-29/h29H,2-25H2,1H3,(H,28,30,31). The molecule has 0 radical (unpaired) electrons. The van der Waals surface area contributed by atoms with Gasteiger partial charge in [-0.15, -0.1) is 0 Å². The predicted octanol–water partition coefficient (Wildman–Crippen LogP) is 7.61. The molecule has 0 saturated carbocycles. The van der Waals surface area contributed by atoms with Gasteiger partial charge in [-0.25, -0.2) is 0 Å². The normalized spacial score (nSPS) is 11.0. The lowest BCUT2D eigenvalue weighted by atomic mass is 10.0. The Hall–Kier alpha value is -0.900. The molecular formula is C27H53NO3. The minimum Gasteiger partial charge on any atom is -0.396 e. The summed E-state index contributed by atoms with van der Waals surface area (Å²) in [5.41, 5.74) is 0. The highest BCUT2D eigenvalue weighted by molar-refractivity contribution is 5.95. The fourth-order valence-corrected chi connectivity index (χ4v) is 4.04. The van der Waals surface area contributed by atoms with Crippen LogP contribution in [0.1, 0.15) is 155 Å². The number of carbonyl (C=O) groups is 2. The van der Waals surface area contributed by atoms with Crippen molar-refractivity contribution >= 4 is 11.8 Å². The largest absolute Gasteiger partial charge is 0.396 e. The SMILES string of the molecule is CCCCCCCCCCCC(=O)NC(=O)CCCCCCCCCCCCCCO. The number of nitrogens with one attached hydrogen (secondary N) is 1. The maximum atomic E-state index is 11.9. The quantitative estimate of drug-likeness (QED) is 0.152. The molecule has 0 unspecified atom stereocenters. The van der Waals surface area contributed by atoms with Crippen molar-refractivity contribution in [3.05, 3.63) is 0 Å². The lowest BCUT2D eigenvalue weighted by molar-refractivity contribution is -0.130. The average molecular weight is 440 g/mol. The molecule has 0 bridgehead atoms. The van der Waals surface area contributed by atoms with Gasteiger partial charge in [0, 0.05) is 19.4 Å². The van der Waals surface area contributed by atoms with Crippen LogP contribution in [-0.2, 0) is 9.59 Å². The van der Waals surface area contributed by atoms with Crippen molar-refractivity contribution < 1.29 is 14.7 Å². The summed E-state index contributed by atoms with van der Waals surface area (Å²) in [4.78, 5) is 23.7. The Kier molecular flexibility index (Phi) is 24.6. The van der Waals surface area contributed by atoms with Crippen LogP contribution in [0.2, 0.25) is 0 Å². The molecule has 31 heavy (non-hydrogen) atoms. The Labute approximate surface area is 193 Å². The van der Waals surface area contributed by atoms with Crippen molar-refractivity contribution in [1.82, 2.24) is 5.32 Å². The van der Waals surface area contributed by atoms with Crippen LogP contribution in [0, 0.1) is 0 Å². The number of rotatable bonds is 24. The average Bonchev–Trinajstić information content (AvgIpc) is 2.75. The number of imide groups is 1. The van der Waals surface area contributed by atoms with Crippen LogP contribution in [0.3, 0.4) is 0 Å². The first kappa shape index (κ1) is 30.1. The van der Waals surface area contributed by atoms with E-state index in [0.717, 1.165) is 38.5 Å². The molecule has 0 spiro atoms. The monoisotopic (exact) mass is 439 g/mol. The summed E-state index contributed by atoms with van der Waals surface area (Å²) in [7, 11) is 0. The smallest absolute Gasteiger partial charge is 0.226 e. The Morgan fingerprint density at radius 3 is 1.10 bits per heavy atom. The maximum Gasteiger partial charge on any atom is 0.226 e. The molecule has 0 aromatic carbocycles. The van der Waals surface area contributed by atoms with Crippen molar-refractivity contribution in [2.45, 2.75) is 155 Å². The molecule has 184 valence electrons. The lowest BCUT2D eigenvalue weighted by Gasteiger charge is -2.05. The van der Waals surface area contributed by atoms with Gasteiger partial charge < -0.3 is 5.11 Å². The summed E-state index contributed by atoms with van der Waals surface area (Å²) in [5, 5.41) is 11.3. The van der Waals surface area contributed by atoms with Gasteiger partial charge in [0.05, 0.1) is 0 Å². The third-order valence-electron chi connectivity index (χ3n) is 6.10. The van der Waals surface area contributed by atoms with Crippen LogP contribution in [0.5, 0.6) is 0 Å². The van der Waals surface area contributed by atoms with Crippen molar-refractivity contribution in [1.29, 1.82) is 0 Å². The first-order valence-electron chi connectivity index (χ1n) is 13.6. The maximum absolute atomic E-state index is 11.9. The van der Waals surface area contributed by atoms with Crippen LogP contribution >= 0.6 is 0 Å². The van der Waals surface area contributed by atoms with Crippen molar-refractivity contribution in [3.63, 3.8) is 0 Å². The molecule has 2 amide bonds. The molecule has 0 saturated heterocycles. The zero-order valence-electron chi connectivity index (χ0n) is 20.7. The highest BCUT2D eigenvalue weighted by Crippen LogP contribution is 2.13. The van der Waals surface area contributed by atoms with Gasteiger partial charge in [0.15, 0.2) is 0 Å². The van der Waals surface area contributed by atoms with E-state index in [-0.39, 0.29) is 11.8 Å². The van der Waals surface area contributed by atoms with E-state index in [1.165, 1.54) is 96.3 Å². The van der Waals surface area contributed by atoms with Gasteiger partial charge in [0.1, 0.15) is 0 Å². The molecule has 0 heterocycles. The first-order chi connectivity index (χ1) is 15.2. The molecule has 0 aliphatic rings. The molecule has 4 heteroatoms. The summed E-state index contributed by atoms with van der Waals surface area (Å²) in [6.07, 6.45) is 26.4. The second-order valence-corrected chi connectivity index (χ2v) is 9.27. The highest BCUT2D eigenvalue weighted by atomic mass is 16.3. The Balaban J connectivity index is 3.30. The molecule has 0 atom stereocenters. The number of carbonyl (C=O) groups excluding carboxylic acids is 2. The van der Waals surface area contributed by atoms with Crippen molar-refractivity contribution in [3.8, 4) is 0 Å². The van der Waals surface area contributed by atoms with E-state index in [0.29, 0.717) is 19.4 Å². The van der Waals surface area contributed by atoms with E-state index in [9.17, 15) is 9.59 Å². The van der Waals surface area contributed by atoms with Gasteiger partial charge in [-0.2, -0.15) is 0 Å². The summed E-state index contributed by atoms with van der Waals surface area (Å²) >= 11 is 0. The van der Waals surface area contributed by atoms with Crippen LogP contribution in [0.15, 0.2) is 0 Å². The van der Waals surface area contributed by atoms with Crippen LogP contribution < -0.4 is 5.32 Å². The molecule has 4 nitrogen and oxygen atoms in total. The van der Waals surface area contributed by atoms with Gasteiger partial charge in [0.2, 0.25) is 11.8 Å². The summed E-state index contributed by atoms with van der Waals surface area (Å²) < 4.78 is 0. The van der Waals surface area contributed by atoms with Crippen molar-refractivity contribution in [2.24, 2.45) is 0 Å². The zero-order valence-corrected chi connectivity index (χ0v) is 20.7. The number of aliphatic hydroxyl groups is 1. The minimum absolute atomic E-state index is 0.0932. The summed E-state index contributed by atoms with van der Waals surface area (Å²) in [6, 6.07) is 0. The minimum atomic E-state index is -0.0953. The first-order valence-corrected chi connectivity index (χ1v) is 13.6. The molecule has 0 aromatic heterocycles. The molecular weight excluding hydrogens is 386 g/mol. The van der Waals surface area contributed by atoms with Crippen LogP contribution in [0.4, 0.5) is 0 Å². The number of unbranched alkanes of at least 4 members (excludes halogenated alkanes) is 19. The molecule has 0 rings (SSSR count). The molecule has 2 N–H and O–H groups in total. The topological polar surface area (TPSA) is 66.4 Å². The second kappa shape index (κ2) is 25.4. The van der Waals surface area contributed by atoms with E-state index in [1.54, 1.807) is 0 Å². The number of hydrogen-bond acceptors (Lipinski definition) is 3. The third-order valence-corrected chi connectivity index (χ3v) is 6.10. The second-order valence-electron chi connectivity index (χ2n) is 9.27. The van der Waals surface area contributed by atoms with Crippen molar-refractivity contribution in [2.75, 3.05) is 6.61 Å². The third kappa shape index (κ3) is 25.2. The van der Waals surface area contributed by atoms with E-state index in [2.05, 4.69) is 12.2 Å². The van der Waals surface area contributed by atoms with E-state index >= 15 is 0 Å². The Bertz CT molecular complexity index is 398. The van der Waals surface area contributed by atoms with Gasteiger partial charge in [-0.05, 0) is 19.3 Å². The van der Waals surface area contributed by atoms with E-state index < -0.39 is 0 Å². The Morgan fingerprint density at radius 2 is 0.774 bits per heavy atom. The van der Waals surface area contributed by atoms with Gasteiger partial charge >= 0.3 is 0 Å². The summed E-state index contributed by atoms with van der Waals surface area (Å²) in [5.74, 6) is -0.188. The molecule has 0 aliphatic carbocycles. The van der Waals surface area contributed by atoms with E-state index in [1.807, 2.05) is 0 Å². The zero-order chi connectivity index (χ0) is 22.8. The summed E-state index contributed by atoms with van der Waals surface area (Å²) in [6.45, 7) is 2.57. The van der Waals surface area contributed by atoms with E-state index in [4.69, 9.17) is 5.11 Å². The van der Waals surface area contributed by atoms with Crippen LogP contribution in [0.25, 0.3) is 0 Å². The molecule has 0 aromatic rings. The number of hydrogen-bond donors (Lipinski definition) is 2. The fourth-order valence-electron chi connectivity index (χ4n) is 4.04. The molecule has 0 aliphatic heterocycles. The fraction of sp³-hybridized carbons (Fsp3) is 0.926. The highest BCUT2D eigenvalue weighted by Gasteiger charge is 2.07. The Morgan fingerprint density at radius 1 is 0.484 bits per heavy atom. The van der Waals surface area contributed by atoms with Crippen LogP contribution in [-0.4, -0.2) is 23.5 Å². The van der Waals surface area contributed by atoms with Gasteiger partial charge in [-0.3, -0.25) is 14.9 Å². The number of aliphatic hydroxyl groups excluding tert-OH is 1. The van der Waals surface area contributed by atoms with Gasteiger partial charge in [-0.1, -0.05) is 122 Å². The predicted molar refractivity (Wildman–Crippen MR) is 132 cm³/mol.